The van der Waals surface area contributed by atoms with Crippen molar-refractivity contribution in [3.8, 4) is 0 Å². The lowest BCUT2D eigenvalue weighted by Gasteiger charge is -2.55. The molecule has 2 aromatic rings. The lowest BCUT2D eigenvalue weighted by atomic mass is 9.50. The maximum absolute atomic E-state index is 12.3. The number of pyridine rings is 1. The van der Waals surface area contributed by atoms with E-state index in [2.05, 4.69) is 20.5 Å². The van der Waals surface area contributed by atoms with Crippen LogP contribution >= 0.6 is 11.3 Å². The van der Waals surface area contributed by atoms with Crippen molar-refractivity contribution in [1.29, 1.82) is 0 Å². The Kier molecular flexibility index (Phi) is 3.35. The normalized spacial score (nSPS) is 32.7. The van der Waals surface area contributed by atoms with Gasteiger partial charge in [0.05, 0.1) is 0 Å². The maximum atomic E-state index is 12.3. The molecule has 0 aliphatic heterocycles. The van der Waals surface area contributed by atoms with Gasteiger partial charge in [-0.15, -0.1) is 10.2 Å². The van der Waals surface area contributed by atoms with Crippen LogP contribution in [0.25, 0.3) is 0 Å². The molecule has 25 heavy (non-hydrogen) atoms. The fourth-order valence-corrected chi connectivity index (χ4v) is 6.58. The van der Waals surface area contributed by atoms with Crippen molar-refractivity contribution in [3.05, 3.63) is 39.3 Å². The molecule has 130 valence electrons. The van der Waals surface area contributed by atoms with Crippen LogP contribution in [0.5, 0.6) is 0 Å². The minimum atomic E-state index is -0.435. The molecule has 2 heterocycles. The highest BCUT2D eigenvalue weighted by Crippen LogP contribution is 2.61. The smallest absolute Gasteiger partial charge is 0.263 e. The predicted octanol–water partition coefficient (Wildman–Crippen LogP) is 2.95. The number of nitrogens with one attached hydrogen (secondary N) is 2. The summed E-state index contributed by atoms with van der Waals surface area (Å²) in [6.07, 6.45) is 9.34. The zero-order chi connectivity index (χ0) is 17.0. The van der Waals surface area contributed by atoms with Crippen LogP contribution < -0.4 is 10.9 Å². The zero-order valence-corrected chi connectivity index (χ0v) is 14.6. The summed E-state index contributed by atoms with van der Waals surface area (Å²) < 4.78 is 0. The van der Waals surface area contributed by atoms with Gasteiger partial charge >= 0.3 is 0 Å². The molecule has 2 N–H and O–H groups in total. The van der Waals surface area contributed by atoms with Gasteiger partial charge in [-0.1, -0.05) is 11.3 Å². The Bertz CT molecular complexity index is 852. The summed E-state index contributed by atoms with van der Waals surface area (Å²) in [5.74, 6) is 2.10. The molecule has 4 aliphatic carbocycles. The number of amides is 1. The van der Waals surface area contributed by atoms with Crippen LogP contribution in [0.1, 0.15) is 53.9 Å². The Labute approximate surface area is 149 Å². The van der Waals surface area contributed by atoms with Gasteiger partial charge in [0, 0.05) is 11.6 Å². The van der Waals surface area contributed by atoms with E-state index in [9.17, 15) is 9.59 Å². The summed E-state index contributed by atoms with van der Waals surface area (Å²) in [6, 6.07) is 3.15. The van der Waals surface area contributed by atoms with Gasteiger partial charge in [-0.05, 0) is 68.4 Å². The number of anilines is 1. The standard InChI is InChI=1S/C18H20N4O2S/c23-14-13(2-1-3-19-14)15(24)20-17-22-21-16(25-17)18-7-10-4-11(8-18)6-12(5-10)9-18/h1-3,10-12H,4-9H2,(H,19,23)(H,20,22,24). The van der Waals surface area contributed by atoms with Crippen LogP contribution in [0.15, 0.2) is 23.1 Å². The molecule has 0 atom stereocenters. The van der Waals surface area contributed by atoms with E-state index in [1.54, 1.807) is 6.07 Å². The van der Waals surface area contributed by atoms with Crippen LogP contribution in [-0.2, 0) is 5.41 Å². The molecule has 0 aromatic carbocycles. The number of rotatable bonds is 3. The Balaban J connectivity index is 1.38. The van der Waals surface area contributed by atoms with Gasteiger partial charge in [-0.3, -0.25) is 14.9 Å². The number of carbonyl (C=O) groups excluding carboxylic acids is 1. The summed E-state index contributed by atoms with van der Waals surface area (Å²) >= 11 is 1.48. The van der Waals surface area contributed by atoms with Crippen molar-refractivity contribution in [3.63, 3.8) is 0 Å². The molecule has 0 spiro atoms. The lowest BCUT2D eigenvalue weighted by molar-refractivity contribution is -0.00555. The fraction of sp³-hybridized carbons (Fsp3) is 0.556. The molecular formula is C18H20N4O2S. The molecule has 0 saturated heterocycles. The summed E-state index contributed by atoms with van der Waals surface area (Å²) in [6.45, 7) is 0. The van der Waals surface area contributed by atoms with Crippen LogP contribution in [-0.4, -0.2) is 21.1 Å². The topological polar surface area (TPSA) is 87.7 Å². The Hall–Kier alpha value is -2.02. The van der Waals surface area contributed by atoms with E-state index in [1.807, 2.05) is 0 Å². The van der Waals surface area contributed by atoms with Gasteiger partial charge in [0.15, 0.2) is 0 Å². The Morgan fingerprint density at radius 3 is 2.48 bits per heavy atom. The highest BCUT2D eigenvalue weighted by atomic mass is 32.1. The van der Waals surface area contributed by atoms with E-state index in [0.717, 1.165) is 22.8 Å². The summed E-state index contributed by atoms with van der Waals surface area (Å²) in [5, 5.41) is 12.9. The van der Waals surface area contributed by atoms with E-state index in [1.165, 1.54) is 62.1 Å². The molecule has 0 radical (unpaired) electrons. The molecular weight excluding hydrogens is 336 g/mol. The third-order valence-corrected chi connectivity index (χ3v) is 7.29. The highest BCUT2D eigenvalue weighted by Gasteiger charge is 2.53. The van der Waals surface area contributed by atoms with E-state index in [-0.39, 0.29) is 11.0 Å². The van der Waals surface area contributed by atoms with E-state index >= 15 is 0 Å². The van der Waals surface area contributed by atoms with E-state index in [4.69, 9.17) is 0 Å². The molecule has 4 aliphatic rings. The fourth-order valence-electron chi connectivity index (χ4n) is 5.63. The van der Waals surface area contributed by atoms with Crippen LogP contribution in [0.2, 0.25) is 0 Å². The Morgan fingerprint density at radius 1 is 1.16 bits per heavy atom. The molecule has 6 nitrogen and oxygen atoms in total. The van der Waals surface area contributed by atoms with Gasteiger partial charge in [0.25, 0.3) is 11.5 Å². The number of hydrogen-bond donors (Lipinski definition) is 2. The van der Waals surface area contributed by atoms with E-state index in [0.29, 0.717) is 5.13 Å². The van der Waals surface area contributed by atoms with Crippen LogP contribution in [0, 0.1) is 17.8 Å². The number of hydrogen-bond acceptors (Lipinski definition) is 5. The second kappa shape index (κ2) is 5.49. The summed E-state index contributed by atoms with van der Waals surface area (Å²) in [7, 11) is 0. The molecule has 1 amide bonds. The molecule has 6 rings (SSSR count). The number of nitrogens with zero attached hydrogens (tertiary/aromatic N) is 2. The van der Waals surface area contributed by atoms with Crippen molar-refractivity contribution < 1.29 is 4.79 Å². The van der Waals surface area contributed by atoms with Gasteiger partial charge in [-0.2, -0.15) is 0 Å². The van der Waals surface area contributed by atoms with Gasteiger partial charge in [-0.25, -0.2) is 0 Å². The minimum absolute atomic E-state index is 0.0917. The van der Waals surface area contributed by atoms with Crippen molar-refractivity contribution in [2.45, 2.75) is 43.9 Å². The third-order valence-electron chi connectivity index (χ3n) is 6.20. The van der Waals surface area contributed by atoms with Crippen molar-refractivity contribution in [2.24, 2.45) is 17.8 Å². The van der Waals surface area contributed by atoms with Gasteiger partial charge < -0.3 is 4.98 Å². The molecule has 4 fully saturated rings. The first kappa shape index (κ1) is 15.3. The molecule has 0 unspecified atom stereocenters. The average Bonchev–Trinajstić information content (AvgIpc) is 3.03. The lowest BCUT2D eigenvalue weighted by Crippen LogP contribution is -2.48. The number of aromatic amines is 1. The quantitative estimate of drug-likeness (QED) is 0.885. The van der Waals surface area contributed by atoms with Gasteiger partial charge in [0.1, 0.15) is 10.6 Å². The monoisotopic (exact) mass is 356 g/mol. The second-order valence-corrected chi connectivity index (χ2v) is 8.95. The first-order valence-electron chi connectivity index (χ1n) is 8.94. The molecule has 4 bridgehead atoms. The third kappa shape index (κ3) is 2.52. The Morgan fingerprint density at radius 2 is 1.84 bits per heavy atom. The maximum Gasteiger partial charge on any atom is 0.263 e. The first-order chi connectivity index (χ1) is 12.1. The average molecular weight is 356 g/mol. The van der Waals surface area contributed by atoms with Crippen molar-refractivity contribution >= 4 is 22.4 Å². The van der Waals surface area contributed by atoms with Crippen LogP contribution in [0.3, 0.4) is 0 Å². The van der Waals surface area contributed by atoms with Crippen LogP contribution in [0.4, 0.5) is 5.13 Å². The molecule has 7 heteroatoms. The van der Waals surface area contributed by atoms with Gasteiger partial charge in [0.2, 0.25) is 5.13 Å². The number of H-pyrrole nitrogens is 1. The zero-order valence-electron chi connectivity index (χ0n) is 13.8. The number of aromatic nitrogens is 3. The second-order valence-electron chi connectivity index (χ2n) is 7.98. The molecule has 4 saturated carbocycles. The first-order valence-corrected chi connectivity index (χ1v) is 9.76. The summed E-state index contributed by atoms with van der Waals surface area (Å²) in [4.78, 5) is 26.5. The van der Waals surface area contributed by atoms with Crippen molar-refractivity contribution in [2.75, 3.05) is 5.32 Å². The minimum Gasteiger partial charge on any atom is -0.328 e. The SMILES string of the molecule is O=C(Nc1nnc(C23CC4CC(CC(C4)C2)C3)s1)c1ccc[nH]c1=O. The van der Waals surface area contributed by atoms with Crippen molar-refractivity contribution in [1.82, 2.24) is 15.2 Å². The molecule has 2 aromatic heterocycles. The largest absolute Gasteiger partial charge is 0.328 e. The van der Waals surface area contributed by atoms with E-state index < -0.39 is 11.5 Å². The highest BCUT2D eigenvalue weighted by molar-refractivity contribution is 7.15. The summed E-state index contributed by atoms with van der Waals surface area (Å²) in [5.41, 5.74) is -0.125. The predicted molar refractivity (Wildman–Crippen MR) is 94.8 cm³/mol. The number of carbonyl (C=O) groups is 1.